The summed E-state index contributed by atoms with van der Waals surface area (Å²) in [5.41, 5.74) is 0.599. The Morgan fingerprint density at radius 2 is 2.31 bits per heavy atom. The third-order valence-electron chi connectivity index (χ3n) is 1.36. The Hall–Kier alpha value is -0.490. The number of carboxylic acid groups (broad SMARTS) is 1. The molecule has 0 aliphatic rings. The zero-order chi connectivity index (χ0) is 8.55. The third kappa shape index (κ3) is 2.05. The van der Waals surface area contributed by atoms with Crippen molar-refractivity contribution in [3.8, 4) is 0 Å². The van der Waals surface area contributed by atoms with Crippen molar-refractivity contribution in [3.63, 3.8) is 0 Å². The molecule has 13 heavy (non-hydrogen) atoms. The van der Waals surface area contributed by atoms with Gasteiger partial charge in [-0.05, 0) is 6.07 Å². The van der Waals surface area contributed by atoms with E-state index < -0.39 is 5.97 Å². The first kappa shape index (κ1) is 10.6. The van der Waals surface area contributed by atoms with Gasteiger partial charge < -0.3 is 9.90 Å². The Bertz CT molecular complexity index is 410. The molecule has 0 amide bonds. The van der Waals surface area contributed by atoms with Gasteiger partial charge in [0.1, 0.15) is 16.5 Å². The number of fused-ring (bicyclic) bond motifs is 1. The fraction of sp³-hybridized carbons (Fsp3) is 0. The number of hydrogen-bond acceptors (Lipinski definition) is 5. The molecule has 0 aliphatic carbocycles. The minimum atomic E-state index is -1.24. The van der Waals surface area contributed by atoms with Gasteiger partial charge in [-0.15, -0.1) is 11.3 Å². The Morgan fingerprint density at radius 1 is 1.54 bits per heavy atom. The first-order valence-electron chi connectivity index (χ1n) is 3.19. The fourth-order valence-electron chi connectivity index (χ4n) is 0.867. The van der Waals surface area contributed by atoms with E-state index in [-0.39, 0.29) is 34.6 Å². The Balaban J connectivity index is 0.000000845. The second-order valence-electron chi connectivity index (χ2n) is 2.15. The van der Waals surface area contributed by atoms with Crippen molar-refractivity contribution >= 4 is 27.5 Å². The molecule has 2 heterocycles. The summed E-state index contributed by atoms with van der Waals surface area (Å²) in [7, 11) is 0. The number of nitrogens with zero attached hydrogens (tertiary/aromatic N) is 2. The normalized spacial score (nSPS) is 9.54. The summed E-state index contributed by atoms with van der Waals surface area (Å²) in [4.78, 5) is 18.0. The molecule has 0 aromatic carbocycles. The van der Waals surface area contributed by atoms with Crippen LogP contribution in [0.2, 0.25) is 0 Å². The standard InChI is InChI=1S/C7H4N2O2S.Na/c10-7(11)6-9-4-3-8-2-1-5(4)12-6;/h1-3H,(H,10,11);/q;+1/p-1. The van der Waals surface area contributed by atoms with Crippen molar-refractivity contribution in [2.24, 2.45) is 0 Å². The van der Waals surface area contributed by atoms with E-state index in [0.29, 0.717) is 5.52 Å². The van der Waals surface area contributed by atoms with Crippen LogP contribution in [0, 0.1) is 0 Å². The van der Waals surface area contributed by atoms with Gasteiger partial charge in [0.2, 0.25) is 0 Å². The Labute approximate surface area is 99.9 Å². The molecule has 0 saturated heterocycles. The predicted molar refractivity (Wildman–Crippen MR) is 41.7 cm³/mol. The molecule has 0 aliphatic heterocycles. The van der Waals surface area contributed by atoms with E-state index >= 15 is 0 Å². The zero-order valence-electron chi connectivity index (χ0n) is 6.85. The predicted octanol–water partition coefficient (Wildman–Crippen LogP) is -2.94. The first-order valence-corrected chi connectivity index (χ1v) is 4.01. The molecule has 0 spiro atoms. The van der Waals surface area contributed by atoms with Gasteiger partial charge in [0.25, 0.3) is 0 Å². The number of carbonyl (C=O) groups excluding carboxylic acids is 1. The number of aromatic nitrogens is 2. The van der Waals surface area contributed by atoms with Crippen LogP contribution >= 0.6 is 11.3 Å². The van der Waals surface area contributed by atoms with Crippen LogP contribution < -0.4 is 34.7 Å². The third-order valence-corrected chi connectivity index (χ3v) is 2.38. The number of aromatic carboxylic acids is 1. The maximum absolute atomic E-state index is 10.4. The second-order valence-corrected chi connectivity index (χ2v) is 3.18. The number of thiazole rings is 1. The summed E-state index contributed by atoms with van der Waals surface area (Å²) in [5, 5.41) is 10.4. The summed E-state index contributed by atoms with van der Waals surface area (Å²) >= 11 is 1.09. The van der Waals surface area contributed by atoms with Crippen LogP contribution in [-0.2, 0) is 0 Å². The summed E-state index contributed by atoms with van der Waals surface area (Å²) in [5.74, 6) is -1.24. The molecule has 60 valence electrons. The molecule has 0 saturated carbocycles. The minimum absolute atomic E-state index is 0. The molecule has 0 radical (unpaired) electrons. The molecular weight excluding hydrogens is 199 g/mol. The van der Waals surface area contributed by atoms with E-state index in [9.17, 15) is 9.90 Å². The van der Waals surface area contributed by atoms with Crippen LogP contribution in [0.15, 0.2) is 18.5 Å². The van der Waals surface area contributed by atoms with Crippen LogP contribution in [0.25, 0.3) is 10.2 Å². The molecule has 0 unspecified atom stereocenters. The SMILES string of the molecule is O=C([O-])c1nc2cnccc2s1.[Na+]. The van der Waals surface area contributed by atoms with E-state index in [0.717, 1.165) is 16.0 Å². The Morgan fingerprint density at radius 3 is 2.92 bits per heavy atom. The van der Waals surface area contributed by atoms with Gasteiger partial charge in [0.05, 0.1) is 10.9 Å². The monoisotopic (exact) mass is 202 g/mol. The molecule has 0 fully saturated rings. The number of hydrogen-bond donors (Lipinski definition) is 0. The number of pyridine rings is 1. The van der Waals surface area contributed by atoms with Crippen molar-refractivity contribution in [2.75, 3.05) is 0 Å². The van der Waals surface area contributed by atoms with E-state index in [1.165, 1.54) is 6.20 Å². The number of rotatable bonds is 1. The second kappa shape index (κ2) is 4.15. The smallest absolute Gasteiger partial charge is 0.542 e. The summed E-state index contributed by atoms with van der Waals surface area (Å²) in [6, 6.07) is 1.72. The Kier molecular flexibility index (Phi) is 3.38. The van der Waals surface area contributed by atoms with Crippen LogP contribution in [0.1, 0.15) is 9.80 Å². The van der Waals surface area contributed by atoms with Crippen molar-refractivity contribution in [1.82, 2.24) is 9.97 Å². The van der Waals surface area contributed by atoms with Gasteiger partial charge in [-0.2, -0.15) is 0 Å². The van der Waals surface area contributed by atoms with Crippen LogP contribution in [0.4, 0.5) is 0 Å². The van der Waals surface area contributed by atoms with E-state index in [4.69, 9.17) is 0 Å². The zero-order valence-corrected chi connectivity index (χ0v) is 9.67. The molecule has 0 bridgehead atoms. The quantitative estimate of drug-likeness (QED) is 0.464. The van der Waals surface area contributed by atoms with Gasteiger partial charge in [0.15, 0.2) is 0 Å². The molecule has 2 aromatic heterocycles. The van der Waals surface area contributed by atoms with Crippen LogP contribution in [0.5, 0.6) is 0 Å². The molecule has 6 heteroatoms. The summed E-state index contributed by atoms with van der Waals surface area (Å²) < 4.78 is 0.809. The van der Waals surface area contributed by atoms with Crippen molar-refractivity contribution in [1.29, 1.82) is 0 Å². The van der Waals surface area contributed by atoms with Gasteiger partial charge in [0, 0.05) is 6.20 Å². The van der Waals surface area contributed by atoms with Gasteiger partial charge in [-0.25, -0.2) is 4.98 Å². The molecule has 2 aromatic rings. The topological polar surface area (TPSA) is 65.9 Å². The molecule has 4 nitrogen and oxygen atoms in total. The summed E-state index contributed by atoms with van der Waals surface area (Å²) in [6.45, 7) is 0. The maximum Gasteiger partial charge on any atom is 1.00 e. The average molecular weight is 202 g/mol. The van der Waals surface area contributed by atoms with Gasteiger partial charge in [-0.1, -0.05) is 0 Å². The minimum Gasteiger partial charge on any atom is -0.542 e. The van der Waals surface area contributed by atoms with Crippen molar-refractivity contribution in [3.05, 3.63) is 23.5 Å². The first-order chi connectivity index (χ1) is 5.77. The molecule has 2 rings (SSSR count). The van der Waals surface area contributed by atoms with E-state index in [1.807, 2.05) is 0 Å². The number of carboxylic acids is 1. The fourth-order valence-corrected chi connectivity index (χ4v) is 1.63. The molecular formula is C7H3N2NaO2S. The van der Waals surface area contributed by atoms with Gasteiger partial charge >= 0.3 is 29.6 Å². The van der Waals surface area contributed by atoms with E-state index in [1.54, 1.807) is 12.3 Å². The summed E-state index contributed by atoms with van der Waals surface area (Å²) in [6.07, 6.45) is 3.12. The van der Waals surface area contributed by atoms with Crippen LogP contribution in [-0.4, -0.2) is 15.9 Å². The van der Waals surface area contributed by atoms with Crippen molar-refractivity contribution in [2.45, 2.75) is 0 Å². The van der Waals surface area contributed by atoms with E-state index in [2.05, 4.69) is 9.97 Å². The van der Waals surface area contributed by atoms with Crippen molar-refractivity contribution < 1.29 is 39.5 Å². The average Bonchev–Trinajstić information content (AvgIpc) is 2.46. The van der Waals surface area contributed by atoms with Crippen LogP contribution in [0.3, 0.4) is 0 Å². The molecule has 0 N–H and O–H groups in total. The number of carbonyl (C=O) groups is 1. The van der Waals surface area contributed by atoms with Gasteiger partial charge in [-0.3, -0.25) is 4.98 Å². The maximum atomic E-state index is 10.4. The molecule has 0 atom stereocenters. The largest absolute Gasteiger partial charge is 1.00 e.